The SMILES string of the molecule is CN(C(=O)Nc1ccc([N+](=O)[O-])cc1)C1CC2CCC(C1)N2. The number of urea groups is 1. The lowest BCUT2D eigenvalue weighted by atomic mass is 9.99. The molecule has 0 spiro atoms. The van der Waals surface area contributed by atoms with Crippen LogP contribution in [-0.4, -0.2) is 41.0 Å². The van der Waals surface area contributed by atoms with Gasteiger partial charge in [0, 0.05) is 43.0 Å². The molecule has 2 heterocycles. The van der Waals surface area contributed by atoms with Crippen LogP contribution in [0.4, 0.5) is 16.2 Å². The van der Waals surface area contributed by atoms with Crippen molar-refractivity contribution in [3.05, 3.63) is 34.4 Å². The number of amides is 2. The quantitative estimate of drug-likeness (QED) is 0.663. The van der Waals surface area contributed by atoms with Crippen LogP contribution in [-0.2, 0) is 0 Å². The maximum absolute atomic E-state index is 12.3. The maximum Gasteiger partial charge on any atom is 0.321 e. The van der Waals surface area contributed by atoms with Crippen molar-refractivity contribution in [2.75, 3.05) is 12.4 Å². The highest BCUT2D eigenvalue weighted by atomic mass is 16.6. The van der Waals surface area contributed by atoms with Gasteiger partial charge in [0.15, 0.2) is 0 Å². The van der Waals surface area contributed by atoms with Gasteiger partial charge in [0.2, 0.25) is 0 Å². The molecular weight excluding hydrogens is 284 g/mol. The predicted octanol–water partition coefficient (Wildman–Crippen LogP) is 2.34. The Morgan fingerprint density at radius 2 is 1.86 bits per heavy atom. The number of hydrogen-bond acceptors (Lipinski definition) is 4. The molecule has 0 saturated carbocycles. The predicted molar refractivity (Wildman–Crippen MR) is 82.8 cm³/mol. The third-order valence-corrected chi connectivity index (χ3v) is 4.65. The largest absolute Gasteiger partial charge is 0.324 e. The number of non-ortho nitro benzene ring substituents is 1. The molecule has 1 aromatic rings. The van der Waals surface area contributed by atoms with Gasteiger partial charge in [0.05, 0.1) is 4.92 Å². The van der Waals surface area contributed by atoms with E-state index in [9.17, 15) is 14.9 Å². The van der Waals surface area contributed by atoms with E-state index in [4.69, 9.17) is 0 Å². The molecule has 0 radical (unpaired) electrons. The molecule has 1 aromatic carbocycles. The van der Waals surface area contributed by atoms with E-state index in [1.165, 1.54) is 25.0 Å². The van der Waals surface area contributed by atoms with Gasteiger partial charge in [-0.1, -0.05) is 0 Å². The zero-order chi connectivity index (χ0) is 15.7. The minimum Gasteiger partial charge on any atom is -0.324 e. The molecule has 2 N–H and O–H groups in total. The van der Waals surface area contributed by atoms with Crippen LogP contribution >= 0.6 is 0 Å². The highest BCUT2D eigenvalue weighted by Gasteiger charge is 2.36. The van der Waals surface area contributed by atoms with Crippen molar-refractivity contribution in [2.45, 2.75) is 43.8 Å². The number of carbonyl (C=O) groups excluding carboxylic acids is 1. The molecule has 2 atom stereocenters. The summed E-state index contributed by atoms with van der Waals surface area (Å²) in [6.45, 7) is 0. The van der Waals surface area contributed by atoms with Crippen molar-refractivity contribution in [1.29, 1.82) is 0 Å². The fourth-order valence-electron chi connectivity index (χ4n) is 3.39. The Kier molecular flexibility index (Phi) is 3.98. The van der Waals surface area contributed by atoms with Gasteiger partial charge < -0.3 is 15.5 Å². The van der Waals surface area contributed by atoms with Crippen molar-refractivity contribution in [3.63, 3.8) is 0 Å². The van der Waals surface area contributed by atoms with Crippen LogP contribution in [0.5, 0.6) is 0 Å². The van der Waals surface area contributed by atoms with Crippen LogP contribution < -0.4 is 10.6 Å². The Labute approximate surface area is 128 Å². The monoisotopic (exact) mass is 304 g/mol. The Balaban J connectivity index is 1.60. The number of nitrogens with zero attached hydrogens (tertiary/aromatic N) is 2. The summed E-state index contributed by atoms with van der Waals surface area (Å²) in [7, 11) is 1.82. The van der Waals surface area contributed by atoms with E-state index in [1.54, 1.807) is 17.0 Å². The average molecular weight is 304 g/mol. The number of benzene rings is 1. The zero-order valence-electron chi connectivity index (χ0n) is 12.5. The topological polar surface area (TPSA) is 87.5 Å². The number of rotatable bonds is 3. The van der Waals surface area contributed by atoms with Gasteiger partial charge >= 0.3 is 6.03 Å². The number of carbonyl (C=O) groups is 1. The third-order valence-electron chi connectivity index (χ3n) is 4.65. The molecule has 0 aliphatic carbocycles. The number of piperidine rings is 1. The molecule has 2 amide bonds. The first-order valence-electron chi connectivity index (χ1n) is 7.57. The Hall–Kier alpha value is -2.15. The van der Waals surface area contributed by atoms with E-state index < -0.39 is 4.92 Å². The molecule has 2 fully saturated rings. The minimum absolute atomic E-state index is 0.0151. The van der Waals surface area contributed by atoms with Crippen LogP contribution in [0.1, 0.15) is 25.7 Å². The maximum atomic E-state index is 12.3. The highest BCUT2D eigenvalue weighted by molar-refractivity contribution is 5.89. The van der Waals surface area contributed by atoms with Crippen molar-refractivity contribution in [1.82, 2.24) is 10.2 Å². The van der Waals surface area contributed by atoms with Gasteiger partial charge in [-0.25, -0.2) is 4.79 Å². The van der Waals surface area contributed by atoms with E-state index in [0.29, 0.717) is 17.8 Å². The lowest BCUT2D eigenvalue weighted by Gasteiger charge is -2.35. The van der Waals surface area contributed by atoms with Crippen molar-refractivity contribution in [3.8, 4) is 0 Å². The molecule has 3 rings (SSSR count). The van der Waals surface area contributed by atoms with Gasteiger partial charge in [-0.05, 0) is 37.8 Å². The van der Waals surface area contributed by atoms with Crippen LogP contribution in [0.25, 0.3) is 0 Å². The summed E-state index contributed by atoms with van der Waals surface area (Å²) >= 11 is 0. The lowest BCUT2D eigenvalue weighted by molar-refractivity contribution is -0.384. The van der Waals surface area contributed by atoms with Gasteiger partial charge in [-0.3, -0.25) is 10.1 Å². The molecule has 0 aromatic heterocycles. The summed E-state index contributed by atoms with van der Waals surface area (Å²) in [4.78, 5) is 24.2. The second-order valence-corrected chi connectivity index (χ2v) is 6.11. The first-order valence-corrected chi connectivity index (χ1v) is 7.57. The molecule has 22 heavy (non-hydrogen) atoms. The smallest absolute Gasteiger partial charge is 0.321 e. The van der Waals surface area contributed by atoms with Crippen molar-refractivity contribution in [2.24, 2.45) is 0 Å². The molecule has 7 heteroatoms. The number of nitro benzene ring substituents is 1. The normalized spacial score (nSPS) is 26.5. The van der Waals surface area contributed by atoms with Crippen LogP contribution in [0, 0.1) is 10.1 Å². The van der Waals surface area contributed by atoms with E-state index in [2.05, 4.69) is 10.6 Å². The first kappa shape index (κ1) is 14.8. The van der Waals surface area contributed by atoms with E-state index >= 15 is 0 Å². The minimum atomic E-state index is -0.456. The van der Waals surface area contributed by atoms with Crippen molar-refractivity contribution >= 4 is 17.4 Å². The number of hydrogen-bond donors (Lipinski definition) is 2. The average Bonchev–Trinajstić information content (AvgIpc) is 2.85. The van der Waals surface area contributed by atoms with Crippen molar-refractivity contribution < 1.29 is 9.72 Å². The summed E-state index contributed by atoms with van der Waals surface area (Å²) < 4.78 is 0. The summed E-state index contributed by atoms with van der Waals surface area (Å²) in [5.74, 6) is 0. The van der Waals surface area contributed by atoms with Gasteiger partial charge in [0.25, 0.3) is 5.69 Å². The summed E-state index contributed by atoms with van der Waals surface area (Å²) in [5, 5.41) is 17.0. The Bertz CT molecular complexity index is 563. The van der Waals surface area contributed by atoms with E-state index in [0.717, 1.165) is 12.8 Å². The van der Waals surface area contributed by atoms with Crippen LogP contribution in [0.15, 0.2) is 24.3 Å². The highest BCUT2D eigenvalue weighted by Crippen LogP contribution is 2.29. The first-order chi connectivity index (χ1) is 10.5. The van der Waals surface area contributed by atoms with E-state index in [-0.39, 0.29) is 17.8 Å². The molecule has 2 aliphatic heterocycles. The Morgan fingerprint density at radius 3 is 2.41 bits per heavy atom. The summed E-state index contributed by atoms with van der Waals surface area (Å²) in [6.07, 6.45) is 4.36. The standard InChI is InChI=1S/C15H20N4O3/c1-18(14-8-11-2-3-12(9-14)16-11)15(20)17-10-4-6-13(7-5-10)19(21)22/h4-7,11-12,14,16H,2-3,8-9H2,1H3,(H,17,20). The lowest BCUT2D eigenvalue weighted by Crippen LogP contribution is -2.49. The van der Waals surface area contributed by atoms with Crippen LogP contribution in [0.3, 0.4) is 0 Å². The number of nitrogens with one attached hydrogen (secondary N) is 2. The summed E-state index contributed by atoms with van der Waals surface area (Å²) in [5.41, 5.74) is 0.584. The molecule has 2 unspecified atom stereocenters. The molecule has 118 valence electrons. The van der Waals surface area contributed by atoms with Gasteiger partial charge in [-0.2, -0.15) is 0 Å². The second kappa shape index (κ2) is 5.92. The van der Waals surface area contributed by atoms with Crippen LogP contribution in [0.2, 0.25) is 0 Å². The number of nitro groups is 1. The molecule has 2 saturated heterocycles. The van der Waals surface area contributed by atoms with Gasteiger partial charge in [-0.15, -0.1) is 0 Å². The Morgan fingerprint density at radius 1 is 1.27 bits per heavy atom. The second-order valence-electron chi connectivity index (χ2n) is 6.11. The molecule has 2 aliphatic rings. The number of fused-ring (bicyclic) bond motifs is 2. The van der Waals surface area contributed by atoms with Gasteiger partial charge in [0.1, 0.15) is 0 Å². The zero-order valence-corrected chi connectivity index (χ0v) is 12.5. The number of anilines is 1. The summed E-state index contributed by atoms with van der Waals surface area (Å²) in [6, 6.07) is 7.01. The molecule has 7 nitrogen and oxygen atoms in total. The molecule has 2 bridgehead atoms. The molecular formula is C15H20N4O3. The fraction of sp³-hybridized carbons (Fsp3) is 0.533. The fourth-order valence-corrected chi connectivity index (χ4v) is 3.39. The van der Waals surface area contributed by atoms with E-state index in [1.807, 2.05) is 7.05 Å². The third kappa shape index (κ3) is 3.04.